The lowest BCUT2D eigenvalue weighted by Gasteiger charge is -2.28. The molecule has 0 atom stereocenters. The number of rotatable bonds is 5. The van der Waals surface area contributed by atoms with Gasteiger partial charge in [-0.2, -0.15) is 0 Å². The van der Waals surface area contributed by atoms with Gasteiger partial charge in [0, 0.05) is 28.9 Å². The molecule has 26 heavy (non-hydrogen) atoms. The number of carbonyl (C=O) groups is 1. The summed E-state index contributed by atoms with van der Waals surface area (Å²) < 4.78 is 11.8. The molecule has 1 aliphatic rings. The summed E-state index contributed by atoms with van der Waals surface area (Å²) in [6, 6.07) is 11.4. The molecular weight excluding hydrogens is 420 g/mol. The van der Waals surface area contributed by atoms with Crippen molar-refractivity contribution in [1.29, 1.82) is 0 Å². The van der Waals surface area contributed by atoms with E-state index in [0.717, 1.165) is 47.7 Å². The number of ether oxygens (including phenoxy) is 2. The Morgan fingerprint density at radius 1 is 1.27 bits per heavy atom. The molecule has 1 heterocycles. The predicted octanol–water partition coefficient (Wildman–Crippen LogP) is 4.27. The molecule has 1 N–H and O–H groups in total. The van der Waals surface area contributed by atoms with Crippen LogP contribution >= 0.6 is 27.5 Å². The predicted molar refractivity (Wildman–Crippen MR) is 107 cm³/mol. The maximum absolute atomic E-state index is 12.1. The first kappa shape index (κ1) is 19.0. The molecule has 5 nitrogen and oxygen atoms in total. The highest BCUT2D eigenvalue weighted by Gasteiger charge is 2.12. The number of anilines is 2. The van der Waals surface area contributed by atoms with Crippen LogP contribution in [-0.4, -0.2) is 38.8 Å². The van der Waals surface area contributed by atoms with Gasteiger partial charge >= 0.3 is 0 Å². The van der Waals surface area contributed by atoms with Gasteiger partial charge in [0.1, 0.15) is 5.75 Å². The summed E-state index contributed by atoms with van der Waals surface area (Å²) in [5, 5.41) is 3.30. The summed E-state index contributed by atoms with van der Waals surface area (Å²) in [4.78, 5) is 14.4. The molecule has 1 amide bonds. The number of nitrogens with zero attached hydrogens (tertiary/aromatic N) is 1. The summed E-state index contributed by atoms with van der Waals surface area (Å²) >= 11 is 9.55. The molecule has 0 aliphatic carbocycles. The van der Waals surface area contributed by atoms with Crippen molar-refractivity contribution in [1.82, 2.24) is 0 Å². The largest absolute Gasteiger partial charge is 0.482 e. The number of nitrogens with one attached hydrogen (secondary N) is 1. The van der Waals surface area contributed by atoms with E-state index in [1.54, 1.807) is 6.07 Å². The van der Waals surface area contributed by atoms with Crippen molar-refractivity contribution < 1.29 is 14.3 Å². The molecule has 1 saturated heterocycles. The van der Waals surface area contributed by atoms with Crippen LogP contribution in [0.5, 0.6) is 5.75 Å². The van der Waals surface area contributed by atoms with Crippen molar-refractivity contribution in [3.63, 3.8) is 0 Å². The van der Waals surface area contributed by atoms with Gasteiger partial charge in [-0.05, 0) is 48.9 Å². The minimum atomic E-state index is -0.234. The smallest absolute Gasteiger partial charge is 0.262 e. The highest BCUT2D eigenvalue weighted by molar-refractivity contribution is 9.10. The van der Waals surface area contributed by atoms with Crippen molar-refractivity contribution in [2.24, 2.45) is 0 Å². The van der Waals surface area contributed by atoms with Gasteiger partial charge in [0.05, 0.1) is 18.2 Å². The zero-order valence-electron chi connectivity index (χ0n) is 14.4. The molecule has 7 heteroatoms. The fraction of sp³-hybridized carbons (Fsp3) is 0.316. The van der Waals surface area contributed by atoms with Crippen molar-refractivity contribution in [2.45, 2.75) is 6.92 Å². The minimum absolute atomic E-state index is 0.104. The number of aryl methyl sites for hydroxylation is 1. The number of carbonyl (C=O) groups excluding carboxylic acids is 1. The maximum atomic E-state index is 12.1. The van der Waals surface area contributed by atoms with Crippen LogP contribution in [0.2, 0.25) is 5.02 Å². The van der Waals surface area contributed by atoms with Crippen LogP contribution < -0.4 is 15.0 Å². The summed E-state index contributed by atoms with van der Waals surface area (Å²) in [6.45, 7) is 5.03. The number of hydrogen-bond acceptors (Lipinski definition) is 4. The Bertz CT molecular complexity index is 754. The normalized spacial score (nSPS) is 14.2. The summed E-state index contributed by atoms with van der Waals surface area (Å²) in [5.41, 5.74) is 2.72. The van der Waals surface area contributed by atoms with Crippen molar-refractivity contribution in [3.05, 3.63) is 51.5 Å². The third kappa shape index (κ3) is 4.90. The Hall–Kier alpha value is -1.76. The van der Waals surface area contributed by atoms with E-state index >= 15 is 0 Å². The van der Waals surface area contributed by atoms with Crippen molar-refractivity contribution in [2.75, 3.05) is 43.1 Å². The summed E-state index contributed by atoms with van der Waals surface area (Å²) in [5.74, 6) is 0.287. The lowest BCUT2D eigenvalue weighted by atomic mass is 10.2. The number of halogens is 2. The van der Waals surface area contributed by atoms with Crippen LogP contribution in [-0.2, 0) is 9.53 Å². The summed E-state index contributed by atoms with van der Waals surface area (Å²) in [7, 11) is 0. The molecule has 138 valence electrons. The van der Waals surface area contributed by atoms with Gasteiger partial charge in [0.2, 0.25) is 0 Å². The van der Waals surface area contributed by atoms with Crippen molar-refractivity contribution >= 4 is 44.8 Å². The molecule has 1 aliphatic heterocycles. The third-order valence-electron chi connectivity index (χ3n) is 4.07. The van der Waals surface area contributed by atoms with Crippen LogP contribution in [0, 0.1) is 6.92 Å². The highest BCUT2D eigenvalue weighted by Crippen LogP contribution is 2.32. The monoisotopic (exact) mass is 438 g/mol. The SMILES string of the molecule is Cc1cc(Br)cc(Cl)c1OCC(=O)Nc1ccc(N2CCOCC2)cc1. The van der Waals surface area contributed by atoms with Crippen LogP contribution in [0.25, 0.3) is 0 Å². The van der Waals surface area contributed by atoms with Gasteiger partial charge in [-0.1, -0.05) is 27.5 Å². The standard InChI is InChI=1S/C19H20BrClN2O3/c1-13-10-14(20)11-17(21)19(13)26-12-18(24)22-15-2-4-16(5-3-15)23-6-8-25-9-7-23/h2-5,10-11H,6-9,12H2,1H3,(H,22,24). The number of hydrogen-bond donors (Lipinski definition) is 1. The minimum Gasteiger partial charge on any atom is -0.482 e. The highest BCUT2D eigenvalue weighted by atomic mass is 79.9. The quantitative estimate of drug-likeness (QED) is 0.756. The van der Waals surface area contributed by atoms with Gasteiger partial charge in [-0.25, -0.2) is 0 Å². The molecule has 0 spiro atoms. The van der Waals surface area contributed by atoms with E-state index in [1.807, 2.05) is 37.3 Å². The van der Waals surface area contributed by atoms with Gasteiger partial charge in [0.25, 0.3) is 5.91 Å². The Morgan fingerprint density at radius 3 is 2.62 bits per heavy atom. The lowest BCUT2D eigenvalue weighted by molar-refractivity contribution is -0.118. The third-order valence-corrected chi connectivity index (χ3v) is 4.81. The zero-order chi connectivity index (χ0) is 18.5. The molecule has 0 radical (unpaired) electrons. The first-order valence-corrected chi connectivity index (χ1v) is 9.51. The fourth-order valence-corrected chi connectivity index (χ4v) is 3.81. The topological polar surface area (TPSA) is 50.8 Å². The fourth-order valence-electron chi connectivity index (χ4n) is 2.78. The van der Waals surface area contributed by atoms with Gasteiger partial charge in [0.15, 0.2) is 6.61 Å². The van der Waals surface area contributed by atoms with E-state index in [2.05, 4.69) is 26.1 Å². The van der Waals surface area contributed by atoms with E-state index in [4.69, 9.17) is 21.1 Å². The first-order chi connectivity index (χ1) is 12.5. The van der Waals surface area contributed by atoms with Gasteiger partial charge in [-0.15, -0.1) is 0 Å². The van der Waals surface area contributed by atoms with E-state index in [1.165, 1.54) is 0 Å². The zero-order valence-corrected chi connectivity index (χ0v) is 16.8. The Labute approximate surface area is 166 Å². The second-order valence-corrected chi connectivity index (χ2v) is 7.34. The van der Waals surface area contributed by atoms with Crippen molar-refractivity contribution in [3.8, 4) is 5.75 Å². The van der Waals surface area contributed by atoms with Gasteiger partial charge in [-0.3, -0.25) is 4.79 Å². The molecule has 3 rings (SSSR count). The maximum Gasteiger partial charge on any atom is 0.262 e. The van der Waals surface area contributed by atoms with Crippen LogP contribution in [0.3, 0.4) is 0 Å². The molecule has 0 aromatic heterocycles. The molecule has 0 saturated carbocycles. The molecule has 1 fully saturated rings. The Morgan fingerprint density at radius 2 is 1.96 bits per heavy atom. The summed E-state index contributed by atoms with van der Waals surface area (Å²) in [6.07, 6.45) is 0. The van der Waals surface area contributed by atoms with E-state index in [9.17, 15) is 4.79 Å². The molecule has 0 unspecified atom stereocenters. The van der Waals surface area contributed by atoms with E-state index in [0.29, 0.717) is 10.8 Å². The average molecular weight is 440 g/mol. The lowest BCUT2D eigenvalue weighted by Crippen LogP contribution is -2.36. The molecular formula is C19H20BrClN2O3. The van der Waals surface area contributed by atoms with Gasteiger partial charge < -0.3 is 19.7 Å². The first-order valence-electron chi connectivity index (χ1n) is 8.34. The van der Waals surface area contributed by atoms with E-state index in [-0.39, 0.29) is 12.5 Å². The molecule has 0 bridgehead atoms. The van der Waals surface area contributed by atoms with E-state index < -0.39 is 0 Å². The number of morpholine rings is 1. The average Bonchev–Trinajstić information content (AvgIpc) is 2.62. The number of benzene rings is 2. The second-order valence-electron chi connectivity index (χ2n) is 6.02. The number of amides is 1. The van der Waals surface area contributed by atoms with Crippen LogP contribution in [0.1, 0.15) is 5.56 Å². The molecule has 2 aromatic carbocycles. The second kappa shape index (κ2) is 8.75. The molecule has 2 aromatic rings. The Kier molecular flexibility index (Phi) is 6.40. The van der Waals surface area contributed by atoms with Crippen LogP contribution in [0.15, 0.2) is 40.9 Å². The Balaban J connectivity index is 1.55. The van der Waals surface area contributed by atoms with Crippen LogP contribution in [0.4, 0.5) is 11.4 Å².